The second-order valence-corrected chi connectivity index (χ2v) is 3.44. The summed E-state index contributed by atoms with van der Waals surface area (Å²) < 4.78 is 2.02. The molecule has 0 aromatic carbocycles. The van der Waals surface area contributed by atoms with E-state index in [-0.39, 0.29) is 0 Å². The molecule has 2 heteroatoms. The van der Waals surface area contributed by atoms with Gasteiger partial charge in [0.1, 0.15) is 0 Å². The van der Waals surface area contributed by atoms with Crippen LogP contribution in [0.5, 0.6) is 0 Å². The highest BCUT2D eigenvalue weighted by atomic mass is 15.3. The van der Waals surface area contributed by atoms with E-state index in [0.717, 1.165) is 0 Å². The molecule has 2 bridgehead atoms. The molecule has 11 heavy (non-hydrogen) atoms. The summed E-state index contributed by atoms with van der Waals surface area (Å²) in [5.41, 5.74) is 2.90. The van der Waals surface area contributed by atoms with Crippen molar-refractivity contribution in [2.24, 2.45) is 7.05 Å². The molecule has 0 aliphatic heterocycles. The molecule has 3 rings (SSSR count). The molecule has 1 aromatic rings. The van der Waals surface area contributed by atoms with Crippen LogP contribution in [0.2, 0.25) is 0 Å². The van der Waals surface area contributed by atoms with Crippen molar-refractivity contribution in [1.29, 1.82) is 0 Å². The molecular formula is C9H10N2. The maximum atomic E-state index is 4.26. The predicted octanol–water partition coefficient (Wildman–Crippen LogP) is 1.56. The van der Waals surface area contributed by atoms with Gasteiger partial charge >= 0.3 is 0 Å². The van der Waals surface area contributed by atoms with Crippen LogP contribution in [0.25, 0.3) is 0 Å². The van der Waals surface area contributed by atoms with Crippen LogP contribution in [0.1, 0.15) is 29.5 Å². The second-order valence-electron chi connectivity index (χ2n) is 3.44. The fourth-order valence-electron chi connectivity index (χ4n) is 2.34. The minimum absolute atomic E-state index is 0.669. The smallest absolute Gasteiger partial charge is 0.0530 e. The van der Waals surface area contributed by atoms with Crippen LogP contribution in [0.3, 0.4) is 0 Å². The van der Waals surface area contributed by atoms with Crippen molar-refractivity contribution in [1.82, 2.24) is 9.78 Å². The van der Waals surface area contributed by atoms with E-state index in [9.17, 15) is 0 Å². The quantitative estimate of drug-likeness (QED) is 0.508. The average molecular weight is 146 g/mol. The largest absolute Gasteiger partial charge is 0.272 e. The van der Waals surface area contributed by atoms with E-state index in [1.807, 2.05) is 17.9 Å². The van der Waals surface area contributed by atoms with E-state index in [4.69, 9.17) is 0 Å². The predicted molar refractivity (Wildman–Crippen MR) is 42.4 cm³/mol. The molecule has 0 spiro atoms. The molecule has 0 radical (unpaired) electrons. The van der Waals surface area contributed by atoms with Crippen molar-refractivity contribution in [3.63, 3.8) is 0 Å². The number of aryl methyl sites for hydroxylation is 1. The van der Waals surface area contributed by atoms with Gasteiger partial charge in [-0.15, -0.1) is 0 Å². The summed E-state index contributed by atoms with van der Waals surface area (Å²) >= 11 is 0. The lowest BCUT2D eigenvalue weighted by Gasteiger charge is -2.05. The van der Waals surface area contributed by atoms with Gasteiger partial charge in [-0.3, -0.25) is 4.68 Å². The maximum absolute atomic E-state index is 4.26. The van der Waals surface area contributed by atoms with Crippen molar-refractivity contribution < 1.29 is 0 Å². The first-order valence-electron chi connectivity index (χ1n) is 4.06. The van der Waals surface area contributed by atoms with E-state index in [0.29, 0.717) is 11.8 Å². The van der Waals surface area contributed by atoms with Gasteiger partial charge in [-0.05, 0) is 6.42 Å². The molecule has 0 saturated heterocycles. The van der Waals surface area contributed by atoms with Gasteiger partial charge in [0.25, 0.3) is 0 Å². The Bertz CT molecular complexity index is 335. The molecule has 0 saturated carbocycles. The SMILES string of the molecule is Cn1ncc2c1[C@@H]1C=C[C@H]2C1. The molecule has 0 N–H and O–H groups in total. The molecular weight excluding hydrogens is 136 g/mol. The Morgan fingerprint density at radius 2 is 2.27 bits per heavy atom. The number of hydrogen-bond donors (Lipinski definition) is 0. The first-order valence-corrected chi connectivity index (χ1v) is 4.06. The highest BCUT2D eigenvalue weighted by molar-refractivity contribution is 5.43. The van der Waals surface area contributed by atoms with Gasteiger partial charge in [0.15, 0.2) is 0 Å². The van der Waals surface area contributed by atoms with Crippen LogP contribution in [0.15, 0.2) is 18.3 Å². The Morgan fingerprint density at radius 3 is 3.09 bits per heavy atom. The molecule has 0 amide bonds. The molecule has 2 aliphatic rings. The maximum Gasteiger partial charge on any atom is 0.0530 e. The van der Waals surface area contributed by atoms with Crippen LogP contribution >= 0.6 is 0 Å². The summed E-state index contributed by atoms with van der Waals surface area (Å²) in [4.78, 5) is 0. The van der Waals surface area contributed by atoms with Crippen molar-refractivity contribution in [3.05, 3.63) is 29.6 Å². The third kappa shape index (κ3) is 0.516. The molecule has 2 atom stereocenters. The summed E-state index contributed by atoms with van der Waals surface area (Å²) in [6, 6.07) is 0. The molecule has 2 nitrogen and oxygen atoms in total. The van der Waals surface area contributed by atoms with Crippen molar-refractivity contribution in [2.75, 3.05) is 0 Å². The van der Waals surface area contributed by atoms with Crippen molar-refractivity contribution >= 4 is 0 Å². The molecule has 56 valence electrons. The van der Waals surface area contributed by atoms with Crippen LogP contribution in [0, 0.1) is 0 Å². The molecule has 0 unspecified atom stereocenters. The highest BCUT2D eigenvalue weighted by Gasteiger charge is 2.35. The highest BCUT2D eigenvalue weighted by Crippen LogP contribution is 2.47. The standard InChI is InChI=1S/C9H10N2/c1-11-9-7-3-2-6(4-7)8(9)5-10-11/h2-3,5-7H,4H2,1H3/t6-,7+/m0/s1. The van der Waals surface area contributed by atoms with Gasteiger partial charge in [0, 0.05) is 30.1 Å². The molecule has 1 heterocycles. The monoisotopic (exact) mass is 146 g/mol. The number of nitrogens with zero attached hydrogens (tertiary/aromatic N) is 2. The van der Waals surface area contributed by atoms with E-state index in [2.05, 4.69) is 17.3 Å². The summed E-state index contributed by atoms with van der Waals surface area (Å²) in [6.45, 7) is 0. The molecule has 1 aromatic heterocycles. The third-order valence-corrected chi connectivity index (χ3v) is 2.85. The van der Waals surface area contributed by atoms with Gasteiger partial charge in [-0.1, -0.05) is 12.2 Å². The lowest BCUT2D eigenvalue weighted by Crippen LogP contribution is -2.00. The minimum Gasteiger partial charge on any atom is -0.272 e. The van der Waals surface area contributed by atoms with Crippen LogP contribution in [-0.2, 0) is 7.05 Å². The van der Waals surface area contributed by atoms with Crippen LogP contribution < -0.4 is 0 Å². The first-order chi connectivity index (χ1) is 5.36. The van der Waals surface area contributed by atoms with Gasteiger partial charge < -0.3 is 0 Å². The topological polar surface area (TPSA) is 17.8 Å². The van der Waals surface area contributed by atoms with Crippen molar-refractivity contribution in [2.45, 2.75) is 18.3 Å². The number of hydrogen-bond acceptors (Lipinski definition) is 1. The fourth-order valence-corrected chi connectivity index (χ4v) is 2.34. The summed E-state index contributed by atoms with van der Waals surface area (Å²) in [7, 11) is 2.04. The fraction of sp³-hybridized carbons (Fsp3) is 0.444. The minimum atomic E-state index is 0.669. The second kappa shape index (κ2) is 1.58. The first kappa shape index (κ1) is 5.58. The molecule has 2 aliphatic carbocycles. The Hall–Kier alpha value is -1.05. The van der Waals surface area contributed by atoms with Crippen LogP contribution in [0.4, 0.5) is 0 Å². The lowest BCUT2D eigenvalue weighted by atomic mass is 10.1. The Morgan fingerprint density at radius 1 is 1.45 bits per heavy atom. The third-order valence-electron chi connectivity index (χ3n) is 2.85. The average Bonchev–Trinajstić information content (AvgIpc) is 2.60. The summed E-state index contributed by atoms with van der Waals surface area (Å²) in [5, 5.41) is 4.26. The Balaban J connectivity index is 2.29. The Labute approximate surface area is 65.5 Å². The van der Waals surface area contributed by atoms with Gasteiger partial charge in [-0.25, -0.2) is 0 Å². The van der Waals surface area contributed by atoms with E-state index < -0.39 is 0 Å². The summed E-state index contributed by atoms with van der Waals surface area (Å²) in [5.74, 6) is 1.35. The zero-order valence-electron chi connectivity index (χ0n) is 6.49. The number of aromatic nitrogens is 2. The van der Waals surface area contributed by atoms with E-state index in [1.54, 1.807) is 0 Å². The zero-order chi connectivity index (χ0) is 7.42. The Kier molecular flexibility index (Phi) is 0.799. The van der Waals surface area contributed by atoms with Gasteiger partial charge in [0.05, 0.1) is 6.20 Å². The zero-order valence-corrected chi connectivity index (χ0v) is 6.49. The lowest BCUT2D eigenvalue weighted by molar-refractivity contribution is 0.675. The van der Waals surface area contributed by atoms with Gasteiger partial charge in [-0.2, -0.15) is 5.10 Å². The summed E-state index contributed by atoms with van der Waals surface area (Å²) in [6.07, 6.45) is 7.94. The van der Waals surface area contributed by atoms with E-state index in [1.165, 1.54) is 17.7 Å². The normalized spacial score (nSPS) is 31.4. The molecule has 0 fully saturated rings. The number of rotatable bonds is 0. The number of fused-ring (bicyclic) bond motifs is 5. The number of allylic oxidation sites excluding steroid dienone is 2. The van der Waals surface area contributed by atoms with Crippen molar-refractivity contribution in [3.8, 4) is 0 Å². The van der Waals surface area contributed by atoms with Gasteiger partial charge in [0.2, 0.25) is 0 Å². The van der Waals surface area contributed by atoms with E-state index >= 15 is 0 Å². The van der Waals surface area contributed by atoms with Crippen LogP contribution in [-0.4, -0.2) is 9.78 Å².